The zero-order valence-corrected chi connectivity index (χ0v) is 18.0. The highest BCUT2D eigenvalue weighted by Crippen LogP contribution is 2.35. The van der Waals surface area contributed by atoms with E-state index in [0.717, 1.165) is 31.2 Å². The number of ether oxygens (including phenoxy) is 3. The van der Waals surface area contributed by atoms with Crippen molar-refractivity contribution in [2.75, 3.05) is 26.9 Å². The molecule has 0 bridgehead atoms. The van der Waals surface area contributed by atoms with E-state index in [4.69, 9.17) is 14.2 Å². The first kappa shape index (κ1) is 21.6. The molecular formula is C25H30FNO4. The van der Waals surface area contributed by atoms with E-state index in [0.29, 0.717) is 36.8 Å². The Labute approximate surface area is 182 Å². The molecule has 0 unspecified atom stereocenters. The van der Waals surface area contributed by atoms with Crippen molar-refractivity contribution < 1.29 is 23.4 Å². The molecule has 1 heterocycles. The van der Waals surface area contributed by atoms with Crippen LogP contribution >= 0.6 is 0 Å². The summed E-state index contributed by atoms with van der Waals surface area (Å²) in [6.07, 6.45) is 6.15. The first-order valence-electron chi connectivity index (χ1n) is 11.1. The van der Waals surface area contributed by atoms with E-state index >= 15 is 0 Å². The van der Waals surface area contributed by atoms with Gasteiger partial charge in [0.1, 0.15) is 5.82 Å². The van der Waals surface area contributed by atoms with Gasteiger partial charge in [-0.15, -0.1) is 0 Å². The second-order valence-corrected chi connectivity index (χ2v) is 8.48. The topological polar surface area (TPSA) is 56.8 Å². The molecule has 1 aliphatic carbocycles. The normalized spacial score (nSPS) is 18.5. The van der Waals surface area contributed by atoms with Crippen LogP contribution in [0.1, 0.15) is 54.4 Å². The van der Waals surface area contributed by atoms with E-state index < -0.39 is 0 Å². The van der Waals surface area contributed by atoms with Crippen molar-refractivity contribution in [3.63, 3.8) is 0 Å². The molecule has 2 fully saturated rings. The summed E-state index contributed by atoms with van der Waals surface area (Å²) < 4.78 is 31.0. The number of nitrogens with one attached hydrogen (secondary N) is 1. The molecular weight excluding hydrogens is 397 g/mol. The average molecular weight is 428 g/mol. The van der Waals surface area contributed by atoms with E-state index in [2.05, 4.69) is 5.32 Å². The van der Waals surface area contributed by atoms with Crippen molar-refractivity contribution in [1.29, 1.82) is 0 Å². The van der Waals surface area contributed by atoms with Crippen LogP contribution in [0.5, 0.6) is 11.5 Å². The minimum Gasteiger partial charge on any atom is -0.493 e. The maximum atomic E-state index is 13.9. The molecule has 0 spiro atoms. The van der Waals surface area contributed by atoms with Crippen LogP contribution in [0.2, 0.25) is 0 Å². The van der Waals surface area contributed by atoms with Crippen molar-refractivity contribution in [2.24, 2.45) is 0 Å². The van der Waals surface area contributed by atoms with Crippen molar-refractivity contribution >= 4 is 5.91 Å². The molecule has 4 rings (SSSR count). The SMILES string of the molecule is COc1cc(C(=O)NCC2(c3cccc(F)c3)CCOCC2)ccc1OC1CCCC1. The summed E-state index contributed by atoms with van der Waals surface area (Å²) in [6.45, 7) is 1.60. The minimum absolute atomic E-state index is 0.187. The standard InChI is InChI=1S/C25H30FNO4/c1-29-23-15-18(9-10-22(23)31-21-7-2-3-8-21)24(28)27-17-25(11-13-30-14-12-25)19-5-4-6-20(26)16-19/h4-6,9-10,15-16,21H,2-3,7-8,11-14,17H2,1H3,(H,27,28). The molecule has 0 aromatic heterocycles. The molecule has 0 atom stereocenters. The number of methoxy groups -OCH3 is 1. The molecule has 31 heavy (non-hydrogen) atoms. The van der Waals surface area contributed by atoms with Gasteiger partial charge in [-0.3, -0.25) is 4.79 Å². The number of carbonyl (C=O) groups is 1. The summed E-state index contributed by atoms with van der Waals surface area (Å²) >= 11 is 0. The lowest BCUT2D eigenvalue weighted by atomic mass is 9.74. The zero-order chi connectivity index (χ0) is 21.7. The Bertz CT molecular complexity index is 904. The fourth-order valence-electron chi connectivity index (χ4n) is 4.59. The fraction of sp³-hybridized carbons (Fsp3) is 0.480. The van der Waals surface area contributed by atoms with Crippen LogP contribution in [0.15, 0.2) is 42.5 Å². The van der Waals surface area contributed by atoms with Gasteiger partial charge in [-0.1, -0.05) is 12.1 Å². The van der Waals surface area contributed by atoms with Gasteiger partial charge >= 0.3 is 0 Å². The van der Waals surface area contributed by atoms with Crippen LogP contribution in [0.4, 0.5) is 4.39 Å². The first-order valence-corrected chi connectivity index (χ1v) is 11.1. The molecule has 0 radical (unpaired) electrons. The van der Waals surface area contributed by atoms with Gasteiger partial charge in [0.2, 0.25) is 0 Å². The summed E-state index contributed by atoms with van der Waals surface area (Å²) in [5.41, 5.74) is 1.07. The molecule has 1 aliphatic heterocycles. The van der Waals surface area contributed by atoms with Crippen LogP contribution in [0, 0.1) is 5.82 Å². The summed E-state index contributed by atoms with van der Waals surface area (Å²) in [7, 11) is 1.58. The van der Waals surface area contributed by atoms with Gasteiger partial charge in [-0.25, -0.2) is 4.39 Å². The Morgan fingerprint density at radius 3 is 2.61 bits per heavy atom. The molecule has 166 valence electrons. The van der Waals surface area contributed by atoms with Gasteiger partial charge in [0.25, 0.3) is 5.91 Å². The third kappa shape index (κ3) is 5.01. The number of hydrogen-bond acceptors (Lipinski definition) is 4. The fourth-order valence-corrected chi connectivity index (χ4v) is 4.59. The molecule has 1 saturated carbocycles. The Morgan fingerprint density at radius 2 is 1.90 bits per heavy atom. The lowest BCUT2D eigenvalue weighted by Crippen LogP contribution is -2.44. The molecule has 1 saturated heterocycles. The van der Waals surface area contributed by atoms with Gasteiger partial charge in [0, 0.05) is 30.7 Å². The van der Waals surface area contributed by atoms with E-state index in [1.54, 1.807) is 31.4 Å². The largest absolute Gasteiger partial charge is 0.493 e. The Kier molecular flexibility index (Phi) is 6.76. The smallest absolute Gasteiger partial charge is 0.251 e. The van der Waals surface area contributed by atoms with Crippen LogP contribution in [-0.2, 0) is 10.2 Å². The van der Waals surface area contributed by atoms with Gasteiger partial charge in [0.05, 0.1) is 13.2 Å². The lowest BCUT2D eigenvalue weighted by Gasteiger charge is -2.38. The highest BCUT2D eigenvalue weighted by molar-refractivity contribution is 5.95. The summed E-state index contributed by atoms with van der Waals surface area (Å²) in [5.74, 6) is 0.780. The van der Waals surface area contributed by atoms with E-state index in [1.165, 1.54) is 18.9 Å². The van der Waals surface area contributed by atoms with Crippen molar-refractivity contribution in [2.45, 2.75) is 50.0 Å². The second kappa shape index (κ2) is 9.69. The number of halogens is 1. The molecule has 2 aromatic rings. The Hall–Kier alpha value is -2.60. The number of rotatable bonds is 7. The van der Waals surface area contributed by atoms with E-state index in [9.17, 15) is 9.18 Å². The molecule has 5 nitrogen and oxygen atoms in total. The Morgan fingerprint density at radius 1 is 1.13 bits per heavy atom. The van der Waals surface area contributed by atoms with Gasteiger partial charge in [0.15, 0.2) is 11.5 Å². The second-order valence-electron chi connectivity index (χ2n) is 8.48. The van der Waals surface area contributed by atoms with Crippen molar-refractivity contribution in [3.05, 3.63) is 59.4 Å². The zero-order valence-electron chi connectivity index (χ0n) is 18.0. The van der Waals surface area contributed by atoms with Crippen molar-refractivity contribution in [3.8, 4) is 11.5 Å². The minimum atomic E-state index is -0.342. The van der Waals surface area contributed by atoms with Gasteiger partial charge in [-0.2, -0.15) is 0 Å². The third-order valence-electron chi connectivity index (χ3n) is 6.50. The molecule has 2 aromatic carbocycles. The van der Waals surface area contributed by atoms with Crippen LogP contribution in [0.3, 0.4) is 0 Å². The van der Waals surface area contributed by atoms with Crippen molar-refractivity contribution in [1.82, 2.24) is 5.32 Å². The maximum absolute atomic E-state index is 13.9. The molecule has 1 amide bonds. The molecule has 1 N–H and O–H groups in total. The monoisotopic (exact) mass is 427 g/mol. The third-order valence-corrected chi connectivity index (χ3v) is 6.50. The summed E-state index contributed by atoms with van der Waals surface area (Å²) in [5, 5.41) is 3.06. The van der Waals surface area contributed by atoms with Gasteiger partial charge in [-0.05, 0) is 74.4 Å². The van der Waals surface area contributed by atoms with E-state index in [1.807, 2.05) is 12.1 Å². The quantitative estimate of drug-likeness (QED) is 0.700. The first-order chi connectivity index (χ1) is 15.1. The number of amides is 1. The molecule has 2 aliphatic rings. The van der Waals surface area contributed by atoms with Crippen LogP contribution in [-0.4, -0.2) is 38.9 Å². The van der Waals surface area contributed by atoms with Crippen LogP contribution in [0.25, 0.3) is 0 Å². The predicted octanol–water partition coefficient (Wildman–Crippen LogP) is 4.63. The summed E-state index contributed by atoms with van der Waals surface area (Å²) in [6, 6.07) is 11.9. The number of benzene rings is 2. The predicted molar refractivity (Wildman–Crippen MR) is 116 cm³/mol. The number of carbonyl (C=O) groups excluding carboxylic acids is 1. The lowest BCUT2D eigenvalue weighted by molar-refractivity contribution is 0.0486. The molecule has 6 heteroatoms. The summed E-state index contributed by atoms with van der Waals surface area (Å²) in [4.78, 5) is 12.9. The highest BCUT2D eigenvalue weighted by atomic mass is 19.1. The van der Waals surface area contributed by atoms with Crippen LogP contribution < -0.4 is 14.8 Å². The maximum Gasteiger partial charge on any atom is 0.251 e. The Balaban J connectivity index is 1.47. The van der Waals surface area contributed by atoms with Gasteiger partial charge < -0.3 is 19.5 Å². The highest BCUT2D eigenvalue weighted by Gasteiger charge is 2.35. The van der Waals surface area contributed by atoms with E-state index in [-0.39, 0.29) is 23.2 Å². The average Bonchev–Trinajstić information content (AvgIpc) is 3.31. The number of hydrogen-bond donors (Lipinski definition) is 1.